The standard InChI is InChI=1S/C48H100O6Si4/c1-28-48(25,54-58(38(14)15,39(16)17)40(18)19)31-43(49)30-44(50)46(53-57(35(8)9,36(10)11)37(12)13)45(52-56(32(2)3,33(4)5)34(6)7)41(20)29-42(21)51-55(26,27)47(22,23)24/h1,32-43,45-46,49H,29-31H2,2-27H3/t41-,42+,43+,45+,46+,48+/m1/s1. The Morgan fingerprint density at radius 1 is 0.586 bits per heavy atom. The van der Waals surface area contributed by atoms with Crippen LogP contribution in [0.4, 0.5) is 0 Å². The summed E-state index contributed by atoms with van der Waals surface area (Å²) in [5.41, 5.74) is 1.66. The van der Waals surface area contributed by atoms with Gasteiger partial charge >= 0.3 is 0 Å². The van der Waals surface area contributed by atoms with Crippen LogP contribution in [0.5, 0.6) is 0 Å². The lowest BCUT2D eigenvalue weighted by Gasteiger charge is -2.51. The molecule has 0 aromatic heterocycles. The Kier molecular flexibility index (Phi) is 22.5. The summed E-state index contributed by atoms with van der Waals surface area (Å²) in [6, 6.07) is 0. The van der Waals surface area contributed by atoms with E-state index < -0.39 is 57.2 Å². The van der Waals surface area contributed by atoms with Gasteiger partial charge in [0.05, 0.1) is 12.2 Å². The minimum Gasteiger partial charge on any atom is -0.414 e. The van der Waals surface area contributed by atoms with E-state index in [2.05, 4.69) is 178 Å². The Hall–Kier alpha value is -0.102. The topological polar surface area (TPSA) is 74.2 Å². The van der Waals surface area contributed by atoms with Crippen LogP contribution in [-0.2, 0) is 22.5 Å². The van der Waals surface area contributed by atoms with E-state index in [1.54, 1.807) is 0 Å². The summed E-state index contributed by atoms with van der Waals surface area (Å²) < 4.78 is 29.7. The fourth-order valence-corrected chi connectivity index (χ4v) is 29.4. The number of carbonyl (C=O) groups is 1. The van der Waals surface area contributed by atoms with Crippen LogP contribution in [0.25, 0.3) is 0 Å². The molecule has 6 atom stereocenters. The fraction of sp³-hybridized carbons (Fsp3) is 0.938. The highest BCUT2D eigenvalue weighted by Crippen LogP contribution is 2.49. The van der Waals surface area contributed by atoms with Crippen molar-refractivity contribution < 1.29 is 27.6 Å². The van der Waals surface area contributed by atoms with Crippen molar-refractivity contribution in [3.8, 4) is 12.3 Å². The highest BCUT2D eigenvalue weighted by molar-refractivity contribution is 6.79. The van der Waals surface area contributed by atoms with Gasteiger partial charge in [-0.15, -0.1) is 6.42 Å². The smallest absolute Gasteiger partial charge is 0.202 e. The molecule has 0 aliphatic rings. The van der Waals surface area contributed by atoms with Gasteiger partial charge < -0.3 is 22.8 Å². The van der Waals surface area contributed by atoms with Crippen LogP contribution in [0.1, 0.15) is 185 Å². The maximum absolute atomic E-state index is 15.4. The van der Waals surface area contributed by atoms with E-state index in [1.807, 2.05) is 6.92 Å². The van der Waals surface area contributed by atoms with Gasteiger partial charge in [0.15, 0.2) is 14.1 Å². The van der Waals surface area contributed by atoms with Crippen LogP contribution in [0.2, 0.25) is 68.0 Å². The number of aliphatic hydroxyl groups excluding tert-OH is 1. The molecule has 0 aliphatic carbocycles. The van der Waals surface area contributed by atoms with E-state index in [-0.39, 0.29) is 52.3 Å². The molecule has 1 N–H and O–H groups in total. The minimum atomic E-state index is -2.64. The zero-order valence-electron chi connectivity index (χ0n) is 43.3. The van der Waals surface area contributed by atoms with E-state index in [0.29, 0.717) is 33.2 Å². The van der Waals surface area contributed by atoms with E-state index in [0.717, 1.165) is 6.42 Å². The molecule has 0 saturated carbocycles. The van der Waals surface area contributed by atoms with Crippen LogP contribution in [0, 0.1) is 18.3 Å². The molecule has 0 saturated heterocycles. The van der Waals surface area contributed by atoms with Gasteiger partial charge in [0.1, 0.15) is 11.7 Å². The number of carbonyl (C=O) groups excluding carboxylic acids is 1. The van der Waals surface area contributed by atoms with Gasteiger partial charge in [0.2, 0.25) is 25.0 Å². The predicted molar refractivity (Wildman–Crippen MR) is 263 cm³/mol. The summed E-state index contributed by atoms with van der Waals surface area (Å²) >= 11 is 0. The summed E-state index contributed by atoms with van der Waals surface area (Å²) in [5.74, 6) is 2.81. The summed E-state index contributed by atoms with van der Waals surface area (Å²) in [6.07, 6.45) is 4.74. The van der Waals surface area contributed by atoms with Crippen LogP contribution < -0.4 is 0 Å². The molecule has 0 aliphatic heterocycles. The average Bonchev–Trinajstić information content (AvgIpc) is 3.02. The third-order valence-electron chi connectivity index (χ3n) is 14.7. The van der Waals surface area contributed by atoms with Crippen molar-refractivity contribution in [1.29, 1.82) is 0 Å². The van der Waals surface area contributed by atoms with Gasteiger partial charge in [-0.05, 0) is 94.2 Å². The summed E-state index contributed by atoms with van der Waals surface area (Å²) in [4.78, 5) is 15.4. The van der Waals surface area contributed by atoms with Crippen molar-refractivity contribution in [2.75, 3.05) is 0 Å². The molecule has 6 nitrogen and oxygen atoms in total. The Balaban J connectivity index is 7.81. The summed E-state index contributed by atoms with van der Waals surface area (Å²) in [7, 11) is -9.66. The molecular weight excluding hydrogens is 785 g/mol. The third kappa shape index (κ3) is 13.5. The van der Waals surface area contributed by atoms with Crippen molar-refractivity contribution in [3.63, 3.8) is 0 Å². The van der Waals surface area contributed by atoms with Crippen molar-refractivity contribution in [1.82, 2.24) is 0 Å². The molecule has 0 aromatic rings. The van der Waals surface area contributed by atoms with Gasteiger partial charge in [0.25, 0.3) is 0 Å². The number of hydrogen-bond acceptors (Lipinski definition) is 6. The second-order valence-corrected chi connectivity index (χ2v) is 43.9. The molecular formula is C48H100O6Si4. The maximum Gasteiger partial charge on any atom is 0.202 e. The highest BCUT2D eigenvalue weighted by Gasteiger charge is 2.55. The lowest BCUT2D eigenvalue weighted by atomic mass is 9.89. The van der Waals surface area contributed by atoms with E-state index >= 15 is 4.79 Å². The largest absolute Gasteiger partial charge is 0.414 e. The molecule has 0 rings (SSSR count). The summed E-state index contributed by atoms with van der Waals surface area (Å²) in [6.45, 7) is 58.8. The van der Waals surface area contributed by atoms with Crippen LogP contribution in [-0.4, -0.2) is 74.2 Å². The van der Waals surface area contributed by atoms with Crippen molar-refractivity contribution in [2.24, 2.45) is 5.92 Å². The predicted octanol–water partition coefficient (Wildman–Crippen LogP) is 14.8. The van der Waals surface area contributed by atoms with E-state index in [1.165, 1.54) is 0 Å². The molecule has 0 amide bonds. The first kappa shape index (κ1) is 57.9. The van der Waals surface area contributed by atoms with Gasteiger partial charge in [-0.25, -0.2) is 0 Å². The highest BCUT2D eigenvalue weighted by atomic mass is 28.4. The number of aliphatic hydroxyl groups is 1. The summed E-state index contributed by atoms with van der Waals surface area (Å²) in [5, 5.41) is 12.1. The molecule has 0 radical (unpaired) electrons. The average molecular weight is 886 g/mol. The zero-order valence-corrected chi connectivity index (χ0v) is 47.3. The van der Waals surface area contributed by atoms with Gasteiger partial charge in [-0.3, -0.25) is 4.79 Å². The molecule has 0 heterocycles. The SMILES string of the molecule is C#C[C@@](C)(C[C@@H](O)CC(=O)[C@H](O[Si](C(C)C)(C(C)C)C(C)C)[C@@H](O[Si](C(C)C)(C(C)C)C(C)C)[C@H](C)C[C@H](C)O[Si](C)(C)C(C)(C)C)O[Si](C(C)C)(C(C)C)C(C)C. The van der Waals surface area contributed by atoms with Gasteiger partial charge in [-0.2, -0.15) is 0 Å². The van der Waals surface area contributed by atoms with Gasteiger partial charge in [0, 0.05) is 18.9 Å². The van der Waals surface area contributed by atoms with Crippen LogP contribution >= 0.6 is 0 Å². The van der Waals surface area contributed by atoms with E-state index in [9.17, 15) is 5.11 Å². The number of ketones is 1. The monoisotopic (exact) mass is 885 g/mol. The first-order valence-electron chi connectivity index (χ1n) is 23.4. The Morgan fingerprint density at radius 2 is 0.931 bits per heavy atom. The Labute approximate surface area is 366 Å². The lowest BCUT2D eigenvalue weighted by Crippen LogP contribution is -2.60. The number of Topliss-reactive ketones (excluding diaryl/α,β-unsaturated/α-hetero) is 1. The quantitative estimate of drug-likeness (QED) is 0.0689. The Bertz CT molecular complexity index is 1210. The minimum absolute atomic E-state index is 0.0281. The number of terminal acetylenes is 1. The Morgan fingerprint density at radius 3 is 1.24 bits per heavy atom. The maximum atomic E-state index is 15.4. The second kappa shape index (κ2) is 22.5. The molecule has 0 unspecified atom stereocenters. The van der Waals surface area contributed by atoms with Crippen molar-refractivity contribution in [2.45, 2.75) is 283 Å². The van der Waals surface area contributed by atoms with Crippen molar-refractivity contribution in [3.05, 3.63) is 0 Å². The normalized spacial score (nSPS) is 17.9. The molecule has 0 spiro atoms. The lowest BCUT2D eigenvalue weighted by molar-refractivity contribution is -0.136. The molecule has 58 heavy (non-hydrogen) atoms. The number of hydrogen-bond donors (Lipinski definition) is 1. The third-order valence-corrected chi connectivity index (χ3v) is 37.7. The number of rotatable bonds is 26. The second-order valence-electron chi connectivity index (χ2n) is 23.0. The molecule has 344 valence electrons. The van der Waals surface area contributed by atoms with Crippen molar-refractivity contribution >= 4 is 39.1 Å². The van der Waals surface area contributed by atoms with Gasteiger partial charge in [-0.1, -0.05) is 158 Å². The molecule has 0 fully saturated rings. The molecule has 10 heteroatoms. The van der Waals surface area contributed by atoms with Crippen LogP contribution in [0.3, 0.4) is 0 Å². The molecule has 0 bridgehead atoms. The van der Waals surface area contributed by atoms with Crippen LogP contribution in [0.15, 0.2) is 0 Å². The first-order valence-corrected chi connectivity index (χ1v) is 32.7. The zero-order chi connectivity index (χ0) is 46.3. The van der Waals surface area contributed by atoms with E-state index in [4.69, 9.17) is 24.1 Å². The fourth-order valence-electron chi connectivity index (χ4n) is 11.2. The molecule has 0 aromatic carbocycles. The first-order chi connectivity index (χ1) is 26.0.